The molecule has 4 rings (SSSR count). The van der Waals surface area contributed by atoms with E-state index in [1.165, 1.54) is 0 Å². The Labute approximate surface area is 178 Å². The highest BCUT2D eigenvalue weighted by Crippen LogP contribution is 2.45. The number of aliphatic hydroxyl groups is 1. The summed E-state index contributed by atoms with van der Waals surface area (Å²) in [6.45, 7) is 0.354. The number of rotatable bonds is 0. The van der Waals surface area contributed by atoms with Crippen LogP contribution < -0.4 is 10.6 Å². The molecule has 0 spiro atoms. The van der Waals surface area contributed by atoms with Crippen LogP contribution in [0.15, 0.2) is 10.5 Å². The van der Waals surface area contributed by atoms with Crippen LogP contribution in [0, 0.1) is 0 Å². The van der Waals surface area contributed by atoms with Crippen molar-refractivity contribution in [1.29, 1.82) is 0 Å². The second-order valence-corrected chi connectivity index (χ2v) is 8.15. The first-order valence-corrected chi connectivity index (χ1v) is 10.2. The monoisotopic (exact) mass is 465 g/mol. The third kappa shape index (κ3) is 3.86. The van der Waals surface area contributed by atoms with Crippen LogP contribution >= 0.6 is 0 Å². The molecule has 2 atom stereocenters. The Kier molecular flexibility index (Phi) is 5.50. The quantitative estimate of drug-likeness (QED) is 0.556. The lowest BCUT2D eigenvalue weighted by Gasteiger charge is -2.29. The summed E-state index contributed by atoms with van der Waals surface area (Å²) in [4.78, 5) is 5.62. The van der Waals surface area contributed by atoms with Crippen LogP contribution in [0.1, 0.15) is 56.4 Å². The molecule has 3 N–H and O–H groups in total. The Morgan fingerprint density at radius 3 is 2.47 bits per heavy atom. The average Bonchev–Trinajstić information content (AvgIpc) is 3.35. The van der Waals surface area contributed by atoms with E-state index in [4.69, 9.17) is 10.2 Å². The first-order chi connectivity index (χ1) is 14.9. The molecule has 2 aromatic heterocycles. The zero-order valence-electron chi connectivity index (χ0n) is 16.8. The van der Waals surface area contributed by atoms with Gasteiger partial charge in [-0.25, -0.2) is 4.98 Å². The van der Waals surface area contributed by atoms with Crippen molar-refractivity contribution in [1.82, 2.24) is 15.2 Å². The number of hydrogen-bond donors (Lipinski definition) is 2. The normalized spacial score (nSPS) is 24.8. The highest BCUT2D eigenvalue weighted by atomic mass is 19.4. The number of nitrogens with two attached hydrogens (primary N) is 1. The zero-order valence-corrected chi connectivity index (χ0v) is 16.8. The fourth-order valence-electron chi connectivity index (χ4n) is 4.33. The summed E-state index contributed by atoms with van der Waals surface area (Å²) < 4.78 is 87.4. The van der Waals surface area contributed by atoms with E-state index in [9.17, 15) is 31.4 Å². The molecule has 2 aliphatic heterocycles. The Balaban J connectivity index is 1.90. The molecular formula is C19H21F6N5O2. The standard InChI is InChI=1S/C19H21F6N5O2/c20-18(21,22)11-9-12(26)13-15-28-29-16(32-15)17(31,19(23,24)25)7-3-1-2-5-10-6-4-8-30(10)14(11)27-13/h9-10,31H,1-8,26H2/t10-,17?/m1/s1. The van der Waals surface area contributed by atoms with Gasteiger partial charge in [-0.3, -0.25) is 0 Å². The number of nitrogens with zero attached hydrogens (tertiary/aromatic N) is 4. The van der Waals surface area contributed by atoms with Crippen LogP contribution in [-0.2, 0) is 11.8 Å². The number of alkyl halides is 6. The molecule has 0 amide bonds. The second kappa shape index (κ2) is 7.78. The van der Waals surface area contributed by atoms with Crippen molar-refractivity contribution in [3.63, 3.8) is 0 Å². The van der Waals surface area contributed by atoms with Gasteiger partial charge in [0.1, 0.15) is 11.4 Å². The van der Waals surface area contributed by atoms with Gasteiger partial charge in [-0.2, -0.15) is 26.3 Å². The fraction of sp³-hybridized carbons (Fsp3) is 0.632. The van der Waals surface area contributed by atoms with Crippen LogP contribution in [0.5, 0.6) is 0 Å². The minimum absolute atomic E-state index is 0.0138. The third-order valence-corrected chi connectivity index (χ3v) is 6.01. The molecule has 4 heterocycles. The first-order valence-electron chi connectivity index (χ1n) is 10.2. The minimum Gasteiger partial charge on any atom is -0.416 e. The summed E-state index contributed by atoms with van der Waals surface area (Å²) in [5.74, 6) is -2.06. The first kappa shape index (κ1) is 22.6. The van der Waals surface area contributed by atoms with Gasteiger partial charge >= 0.3 is 12.4 Å². The highest BCUT2D eigenvalue weighted by Gasteiger charge is 2.58. The van der Waals surface area contributed by atoms with Crippen molar-refractivity contribution in [2.45, 2.75) is 68.9 Å². The topological polar surface area (TPSA) is 101 Å². The summed E-state index contributed by atoms with van der Waals surface area (Å²) >= 11 is 0. The maximum atomic E-state index is 13.8. The van der Waals surface area contributed by atoms with Crippen molar-refractivity contribution in [3.05, 3.63) is 17.5 Å². The molecule has 1 unspecified atom stereocenters. The van der Waals surface area contributed by atoms with Crippen LogP contribution in [0.25, 0.3) is 11.6 Å². The summed E-state index contributed by atoms with van der Waals surface area (Å²) in [5, 5.41) is 17.2. The van der Waals surface area contributed by atoms with Crippen LogP contribution in [0.4, 0.5) is 37.8 Å². The van der Waals surface area contributed by atoms with E-state index in [0.29, 0.717) is 44.7 Å². The van der Waals surface area contributed by atoms with E-state index >= 15 is 0 Å². The number of pyridine rings is 1. The molecule has 4 bridgehead atoms. The minimum atomic E-state index is -5.10. The number of hydrogen-bond acceptors (Lipinski definition) is 7. The molecular weight excluding hydrogens is 444 g/mol. The van der Waals surface area contributed by atoms with Gasteiger partial charge in [0, 0.05) is 12.6 Å². The van der Waals surface area contributed by atoms with Crippen LogP contribution in [0.3, 0.4) is 0 Å². The number of fused-ring (bicyclic) bond motifs is 7. The predicted molar refractivity (Wildman–Crippen MR) is 100 cm³/mol. The number of halogens is 6. The van der Waals surface area contributed by atoms with Crippen molar-refractivity contribution in [2.24, 2.45) is 0 Å². The number of anilines is 2. The van der Waals surface area contributed by atoms with E-state index < -0.39 is 47.4 Å². The van der Waals surface area contributed by atoms with Crippen molar-refractivity contribution < 1.29 is 35.9 Å². The molecule has 0 aromatic carbocycles. The highest BCUT2D eigenvalue weighted by molar-refractivity contribution is 5.71. The Hall–Kier alpha value is -2.57. The molecule has 0 saturated carbocycles. The van der Waals surface area contributed by atoms with E-state index in [1.54, 1.807) is 4.90 Å². The molecule has 2 aliphatic rings. The Morgan fingerprint density at radius 2 is 1.78 bits per heavy atom. The van der Waals surface area contributed by atoms with Crippen molar-refractivity contribution in [2.75, 3.05) is 17.2 Å². The summed E-state index contributed by atoms with van der Waals surface area (Å²) in [5.41, 5.74) is 0.505. The second-order valence-electron chi connectivity index (χ2n) is 8.15. The van der Waals surface area contributed by atoms with E-state index in [-0.39, 0.29) is 24.0 Å². The van der Waals surface area contributed by atoms with Gasteiger partial charge < -0.3 is 20.2 Å². The van der Waals surface area contributed by atoms with Gasteiger partial charge in [0.15, 0.2) is 5.69 Å². The van der Waals surface area contributed by atoms with E-state index in [2.05, 4.69) is 15.2 Å². The van der Waals surface area contributed by atoms with Gasteiger partial charge in [-0.05, 0) is 38.2 Å². The van der Waals surface area contributed by atoms with Gasteiger partial charge in [-0.15, -0.1) is 10.2 Å². The lowest BCUT2D eigenvalue weighted by Crippen LogP contribution is -2.42. The maximum absolute atomic E-state index is 13.8. The van der Waals surface area contributed by atoms with Gasteiger partial charge in [0.2, 0.25) is 5.60 Å². The van der Waals surface area contributed by atoms with Crippen molar-refractivity contribution in [3.8, 4) is 11.6 Å². The van der Waals surface area contributed by atoms with Gasteiger partial charge in [0.05, 0.1) is 5.69 Å². The van der Waals surface area contributed by atoms with E-state index in [1.807, 2.05) is 0 Å². The molecule has 0 aliphatic carbocycles. The number of nitrogen functional groups attached to an aromatic ring is 1. The molecule has 176 valence electrons. The molecule has 2 aromatic rings. The SMILES string of the molecule is Nc1cc(C(F)(F)F)c2nc1-c1nnc(o1)C(O)(C(F)(F)F)CCCCC[C@@H]1CCCN21. The third-order valence-electron chi connectivity index (χ3n) is 6.01. The van der Waals surface area contributed by atoms with Gasteiger partial charge in [0.25, 0.3) is 11.8 Å². The molecule has 32 heavy (non-hydrogen) atoms. The van der Waals surface area contributed by atoms with Crippen LogP contribution in [0.2, 0.25) is 0 Å². The summed E-state index contributed by atoms with van der Waals surface area (Å²) in [6, 6.07) is 0.432. The lowest BCUT2D eigenvalue weighted by molar-refractivity contribution is -0.277. The zero-order chi connectivity index (χ0) is 23.3. The Morgan fingerprint density at radius 1 is 1.06 bits per heavy atom. The van der Waals surface area contributed by atoms with Gasteiger partial charge in [-0.1, -0.05) is 12.8 Å². The fourth-order valence-corrected chi connectivity index (χ4v) is 4.33. The molecule has 13 heteroatoms. The van der Waals surface area contributed by atoms with Crippen LogP contribution in [-0.4, -0.2) is 39.1 Å². The predicted octanol–water partition coefficient (Wildman–Crippen LogP) is 4.42. The lowest BCUT2D eigenvalue weighted by atomic mass is 9.94. The molecule has 0 radical (unpaired) electrons. The average molecular weight is 465 g/mol. The number of aromatic nitrogens is 3. The molecule has 7 nitrogen and oxygen atoms in total. The smallest absolute Gasteiger partial charge is 0.416 e. The molecule has 1 saturated heterocycles. The largest absolute Gasteiger partial charge is 0.426 e. The summed E-state index contributed by atoms with van der Waals surface area (Å²) in [7, 11) is 0. The summed E-state index contributed by atoms with van der Waals surface area (Å²) in [6.07, 6.45) is -7.92. The maximum Gasteiger partial charge on any atom is 0.426 e. The van der Waals surface area contributed by atoms with E-state index in [0.717, 1.165) is 0 Å². The van der Waals surface area contributed by atoms with Crippen molar-refractivity contribution >= 4 is 11.5 Å². The molecule has 1 fully saturated rings. The Bertz CT molecular complexity index is 992.